The lowest BCUT2D eigenvalue weighted by Crippen LogP contribution is -2.44. The number of hydrogen-bond donors (Lipinski definition) is 1. The molecule has 0 spiro atoms. The predicted octanol–water partition coefficient (Wildman–Crippen LogP) is 5.15. The van der Waals surface area contributed by atoms with Crippen LogP contribution in [0, 0.1) is 17.1 Å². The Bertz CT molecular complexity index is 1180. The van der Waals surface area contributed by atoms with Crippen LogP contribution in [0.25, 0.3) is 0 Å². The molecule has 5 nitrogen and oxygen atoms in total. The van der Waals surface area contributed by atoms with Gasteiger partial charge in [0.15, 0.2) is 0 Å². The van der Waals surface area contributed by atoms with E-state index in [-0.39, 0.29) is 11.4 Å². The zero-order chi connectivity index (χ0) is 23.0. The maximum absolute atomic E-state index is 14.1. The van der Waals surface area contributed by atoms with Crippen molar-refractivity contribution in [1.29, 1.82) is 5.26 Å². The Morgan fingerprint density at radius 1 is 0.939 bits per heavy atom. The van der Waals surface area contributed by atoms with Crippen LogP contribution in [0.15, 0.2) is 100 Å². The third kappa shape index (κ3) is 5.73. The monoisotopic (exact) mass is 458 g/mol. The Morgan fingerprint density at radius 2 is 1.61 bits per heavy atom. The van der Waals surface area contributed by atoms with Crippen LogP contribution in [0.2, 0.25) is 0 Å². The first kappa shape index (κ1) is 22.4. The molecule has 1 aliphatic heterocycles. The molecule has 0 unspecified atom stereocenters. The van der Waals surface area contributed by atoms with Crippen molar-refractivity contribution in [2.24, 2.45) is 0 Å². The number of hydrogen-bond acceptors (Lipinski definition) is 5. The molecule has 166 valence electrons. The molecule has 0 aromatic heterocycles. The van der Waals surface area contributed by atoms with E-state index < -0.39 is 5.91 Å². The Labute approximate surface area is 197 Å². The van der Waals surface area contributed by atoms with Gasteiger partial charge in [0.1, 0.15) is 17.5 Å². The van der Waals surface area contributed by atoms with E-state index in [9.17, 15) is 14.4 Å². The summed E-state index contributed by atoms with van der Waals surface area (Å²) < 4.78 is 14.1. The van der Waals surface area contributed by atoms with Crippen molar-refractivity contribution in [3.8, 4) is 6.07 Å². The molecule has 0 bridgehead atoms. The highest BCUT2D eigenvalue weighted by atomic mass is 32.2. The smallest absolute Gasteiger partial charge is 0.267 e. The topological polar surface area (TPSA) is 59.4 Å². The summed E-state index contributed by atoms with van der Waals surface area (Å²) in [6.45, 7) is 2.39. The zero-order valence-electron chi connectivity index (χ0n) is 17.9. The van der Waals surface area contributed by atoms with Crippen LogP contribution >= 0.6 is 11.8 Å². The van der Waals surface area contributed by atoms with Crippen molar-refractivity contribution in [1.82, 2.24) is 4.90 Å². The van der Waals surface area contributed by atoms with Gasteiger partial charge in [-0.25, -0.2) is 4.39 Å². The Kier molecular flexibility index (Phi) is 7.28. The molecule has 7 heteroatoms. The summed E-state index contributed by atoms with van der Waals surface area (Å²) in [5, 5.41) is 12.5. The average Bonchev–Trinajstić information content (AvgIpc) is 2.85. The maximum Gasteiger partial charge on any atom is 0.267 e. The van der Waals surface area contributed by atoms with Crippen LogP contribution in [0.1, 0.15) is 0 Å². The summed E-state index contributed by atoms with van der Waals surface area (Å²) in [7, 11) is 0. The van der Waals surface area contributed by atoms with Crippen molar-refractivity contribution >= 4 is 29.0 Å². The molecule has 3 aromatic carbocycles. The molecule has 1 fully saturated rings. The number of carbonyl (C=O) groups is 1. The molecule has 0 radical (unpaired) electrons. The van der Waals surface area contributed by atoms with Crippen molar-refractivity contribution in [2.75, 3.05) is 36.4 Å². The molecule has 0 saturated carbocycles. The van der Waals surface area contributed by atoms with Crippen LogP contribution in [-0.4, -0.2) is 37.0 Å². The van der Waals surface area contributed by atoms with E-state index in [1.165, 1.54) is 6.07 Å². The number of nitrogens with zero attached hydrogens (tertiary/aromatic N) is 3. The van der Waals surface area contributed by atoms with E-state index in [1.807, 2.05) is 76.5 Å². The van der Waals surface area contributed by atoms with Crippen molar-refractivity contribution in [3.05, 3.63) is 96.5 Å². The number of para-hydroxylation sites is 2. The largest absolute Gasteiger partial charge is 0.373 e. The Morgan fingerprint density at radius 3 is 2.33 bits per heavy atom. The molecular formula is C26H23FN4OS. The summed E-state index contributed by atoms with van der Waals surface area (Å²) in [5.41, 5.74) is 1.27. The van der Waals surface area contributed by atoms with Crippen LogP contribution in [0.4, 0.5) is 15.8 Å². The minimum atomic E-state index is -0.449. The van der Waals surface area contributed by atoms with Crippen LogP contribution in [0.5, 0.6) is 0 Å². The fraction of sp³-hybridized carbons (Fsp3) is 0.154. The minimum absolute atomic E-state index is 0.0360. The predicted molar refractivity (Wildman–Crippen MR) is 130 cm³/mol. The zero-order valence-corrected chi connectivity index (χ0v) is 18.8. The molecule has 3 aromatic rings. The number of nitrogens with one attached hydrogen (secondary N) is 1. The van der Waals surface area contributed by atoms with Gasteiger partial charge in [0.25, 0.3) is 5.91 Å². The summed E-state index contributed by atoms with van der Waals surface area (Å²) >= 11 is 1.55. The fourth-order valence-electron chi connectivity index (χ4n) is 3.59. The first-order valence-corrected chi connectivity index (χ1v) is 11.4. The highest BCUT2D eigenvalue weighted by molar-refractivity contribution is 7.99. The Balaban J connectivity index is 1.41. The van der Waals surface area contributed by atoms with Gasteiger partial charge in [0, 0.05) is 42.2 Å². The van der Waals surface area contributed by atoms with Gasteiger partial charge in [-0.05, 0) is 36.4 Å². The third-order valence-electron chi connectivity index (χ3n) is 5.29. The number of halogens is 1. The summed E-state index contributed by atoms with van der Waals surface area (Å²) in [5.74, 6) is -0.694. The molecule has 1 N–H and O–H groups in total. The molecular weight excluding hydrogens is 435 g/mol. The van der Waals surface area contributed by atoms with E-state index in [0.29, 0.717) is 37.6 Å². The SMILES string of the molecule is N#C/C(=C/N1CCN(c2ccccc2F)CC1)C(=O)Nc1ccccc1Sc1ccccc1. The summed E-state index contributed by atoms with van der Waals surface area (Å²) in [6, 6.07) is 26.1. The molecule has 4 rings (SSSR count). The van der Waals surface area contributed by atoms with E-state index in [0.717, 1.165) is 9.79 Å². The van der Waals surface area contributed by atoms with Gasteiger partial charge in [-0.2, -0.15) is 5.26 Å². The lowest BCUT2D eigenvalue weighted by molar-refractivity contribution is -0.112. The van der Waals surface area contributed by atoms with Crippen LogP contribution in [0.3, 0.4) is 0 Å². The third-order valence-corrected chi connectivity index (χ3v) is 6.37. The number of rotatable bonds is 6. The first-order chi connectivity index (χ1) is 16.1. The van der Waals surface area contributed by atoms with Crippen molar-refractivity contribution in [2.45, 2.75) is 9.79 Å². The van der Waals surface area contributed by atoms with Crippen molar-refractivity contribution in [3.63, 3.8) is 0 Å². The Hall–Kier alpha value is -3.76. The van der Waals surface area contributed by atoms with Crippen LogP contribution < -0.4 is 10.2 Å². The molecule has 0 aliphatic carbocycles. The summed E-state index contributed by atoms with van der Waals surface area (Å²) in [6.07, 6.45) is 1.60. The molecule has 1 aliphatic rings. The van der Waals surface area contributed by atoms with E-state index in [1.54, 1.807) is 30.1 Å². The van der Waals surface area contributed by atoms with Crippen LogP contribution in [-0.2, 0) is 4.79 Å². The number of carbonyl (C=O) groups excluding carboxylic acids is 1. The number of benzene rings is 3. The lowest BCUT2D eigenvalue weighted by Gasteiger charge is -2.35. The maximum atomic E-state index is 14.1. The number of amides is 1. The second-order valence-electron chi connectivity index (χ2n) is 7.49. The van der Waals surface area contributed by atoms with Gasteiger partial charge in [-0.15, -0.1) is 0 Å². The molecule has 33 heavy (non-hydrogen) atoms. The minimum Gasteiger partial charge on any atom is -0.373 e. The van der Waals surface area contributed by atoms with E-state index >= 15 is 0 Å². The standard InChI is InChI=1S/C26H23FN4OS/c27-22-10-4-6-12-24(22)31-16-14-30(15-17-31)19-20(18-28)26(32)29-23-11-5-7-13-25(23)33-21-8-2-1-3-9-21/h1-13,19H,14-17H2,(H,29,32)/b20-19-. The van der Waals surface area contributed by atoms with Gasteiger partial charge >= 0.3 is 0 Å². The highest BCUT2D eigenvalue weighted by Crippen LogP contribution is 2.33. The fourth-order valence-corrected chi connectivity index (χ4v) is 4.51. The van der Waals surface area contributed by atoms with Gasteiger partial charge < -0.3 is 15.1 Å². The van der Waals surface area contributed by atoms with Gasteiger partial charge in [0.05, 0.1) is 11.4 Å². The summed E-state index contributed by atoms with van der Waals surface area (Å²) in [4.78, 5) is 18.7. The van der Waals surface area contributed by atoms with Gasteiger partial charge in [-0.1, -0.05) is 54.2 Å². The normalized spacial score (nSPS) is 14.0. The molecule has 1 heterocycles. The van der Waals surface area contributed by atoms with E-state index in [2.05, 4.69) is 5.32 Å². The van der Waals surface area contributed by atoms with E-state index in [4.69, 9.17) is 0 Å². The quantitative estimate of drug-likeness (QED) is 0.409. The molecule has 1 saturated heterocycles. The van der Waals surface area contributed by atoms with Crippen molar-refractivity contribution < 1.29 is 9.18 Å². The van der Waals surface area contributed by atoms with Gasteiger partial charge in [-0.3, -0.25) is 4.79 Å². The highest BCUT2D eigenvalue weighted by Gasteiger charge is 2.20. The first-order valence-electron chi connectivity index (χ1n) is 10.6. The molecule has 0 atom stereocenters. The number of anilines is 2. The van der Waals surface area contributed by atoms with Gasteiger partial charge in [0.2, 0.25) is 0 Å². The second kappa shape index (κ2) is 10.7. The average molecular weight is 459 g/mol. The second-order valence-corrected chi connectivity index (χ2v) is 8.61. The lowest BCUT2D eigenvalue weighted by atomic mass is 10.2. The number of nitriles is 1. The number of piperazine rings is 1. The molecule has 1 amide bonds.